The number of hydrogen-bond donors (Lipinski definition) is 1. The highest BCUT2D eigenvalue weighted by Gasteiger charge is 2.43. The van der Waals surface area contributed by atoms with Crippen molar-refractivity contribution in [3.8, 4) is 11.5 Å². The van der Waals surface area contributed by atoms with Crippen molar-refractivity contribution in [2.24, 2.45) is 0 Å². The van der Waals surface area contributed by atoms with Gasteiger partial charge in [0.2, 0.25) is 0 Å². The second kappa shape index (κ2) is 7.31. The van der Waals surface area contributed by atoms with Gasteiger partial charge in [-0.1, -0.05) is 31.2 Å². The zero-order valence-corrected chi connectivity index (χ0v) is 15.9. The van der Waals surface area contributed by atoms with Crippen molar-refractivity contribution in [3.63, 3.8) is 0 Å². The van der Waals surface area contributed by atoms with Crippen LogP contribution in [0, 0.1) is 0 Å². The molecule has 0 saturated carbocycles. The number of aliphatic carboxylic acids is 1. The SMILES string of the molecule is CCc1ccc([C@H]2[C@@H](C(=O)O)c3cc(OC)c(OC)cc3C(=O)N2C)cc1. The summed E-state index contributed by atoms with van der Waals surface area (Å²) >= 11 is 0. The van der Waals surface area contributed by atoms with Gasteiger partial charge in [-0.25, -0.2) is 0 Å². The standard InChI is InChI=1S/C21H23NO5/c1-5-12-6-8-13(9-7-12)19-18(21(24)25)14-10-16(26-3)17(27-4)11-15(14)20(23)22(19)2/h6-11,18-19H,5H2,1-4H3,(H,24,25)/t18-,19-/m0/s1. The molecule has 0 radical (unpaired) electrons. The van der Waals surface area contributed by atoms with Crippen molar-refractivity contribution in [1.29, 1.82) is 0 Å². The van der Waals surface area contributed by atoms with Gasteiger partial charge in [-0.05, 0) is 35.2 Å². The summed E-state index contributed by atoms with van der Waals surface area (Å²) in [6, 6.07) is 10.3. The molecule has 2 aromatic carbocycles. The van der Waals surface area contributed by atoms with E-state index < -0.39 is 17.9 Å². The minimum Gasteiger partial charge on any atom is -0.493 e. The first kappa shape index (κ1) is 18.8. The smallest absolute Gasteiger partial charge is 0.313 e. The molecule has 1 aliphatic rings. The van der Waals surface area contributed by atoms with Gasteiger partial charge in [0.1, 0.15) is 5.92 Å². The first-order valence-corrected chi connectivity index (χ1v) is 8.77. The number of rotatable bonds is 5. The molecule has 27 heavy (non-hydrogen) atoms. The van der Waals surface area contributed by atoms with Crippen LogP contribution < -0.4 is 9.47 Å². The number of benzene rings is 2. The van der Waals surface area contributed by atoms with Gasteiger partial charge in [-0.2, -0.15) is 0 Å². The van der Waals surface area contributed by atoms with Crippen LogP contribution in [0.25, 0.3) is 0 Å². The fraction of sp³-hybridized carbons (Fsp3) is 0.333. The number of aryl methyl sites for hydroxylation is 1. The Morgan fingerprint density at radius 3 is 2.22 bits per heavy atom. The number of carboxylic acids is 1. The molecule has 142 valence electrons. The first-order valence-electron chi connectivity index (χ1n) is 8.77. The summed E-state index contributed by atoms with van der Waals surface area (Å²) in [5.41, 5.74) is 2.70. The van der Waals surface area contributed by atoms with E-state index in [-0.39, 0.29) is 5.91 Å². The lowest BCUT2D eigenvalue weighted by molar-refractivity contribution is -0.140. The number of amides is 1. The van der Waals surface area contributed by atoms with Crippen LogP contribution >= 0.6 is 0 Å². The van der Waals surface area contributed by atoms with Gasteiger partial charge in [0.15, 0.2) is 11.5 Å². The third kappa shape index (κ3) is 3.12. The second-order valence-corrected chi connectivity index (χ2v) is 6.57. The zero-order valence-electron chi connectivity index (χ0n) is 15.9. The zero-order chi connectivity index (χ0) is 19.7. The van der Waals surface area contributed by atoms with E-state index in [1.165, 1.54) is 19.1 Å². The number of fused-ring (bicyclic) bond motifs is 1. The maximum Gasteiger partial charge on any atom is 0.313 e. The van der Waals surface area contributed by atoms with Crippen molar-refractivity contribution in [3.05, 3.63) is 58.7 Å². The van der Waals surface area contributed by atoms with E-state index >= 15 is 0 Å². The molecule has 0 saturated heterocycles. The molecule has 1 aliphatic heterocycles. The summed E-state index contributed by atoms with van der Waals surface area (Å²) in [5, 5.41) is 10.0. The minimum atomic E-state index is -0.993. The molecule has 6 nitrogen and oxygen atoms in total. The molecule has 6 heteroatoms. The monoisotopic (exact) mass is 369 g/mol. The van der Waals surface area contributed by atoms with Crippen LogP contribution in [0.4, 0.5) is 0 Å². The Balaban J connectivity index is 2.19. The number of nitrogens with zero attached hydrogens (tertiary/aromatic N) is 1. The van der Waals surface area contributed by atoms with Gasteiger partial charge in [-0.15, -0.1) is 0 Å². The van der Waals surface area contributed by atoms with Crippen LogP contribution in [0.3, 0.4) is 0 Å². The lowest BCUT2D eigenvalue weighted by atomic mass is 9.79. The first-order chi connectivity index (χ1) is 12.9. The number of ether oxygens (including phenoxy) is 2. The Hall–Kier alpha value is -3.02. The minimum absolute atomic E-state index is 0.243. The Bertz CT molecular complexity index is 875. The number of carboxylic acid groups (broad SMARTS) is 1. The lowest BCUT2D eigenvalue weighted by Crippen LogP contribution is -2.42. The largest absolute Gasteiger partial charge is 0.493 e. The van der Waals surface area contributed by atoms with Crippen LogP contribution in [0.15, 0.2) is 36.4 Å². The molecule has 1 N–H and O–H groups in total. The molecule has 2 atom stereocenters. The Morgan fingerprint density at radius 2 is 1.70 bits per heavy atom. The second-order valence-electron chi connectivity index (χ2n) is 6.57. The summed E-state index contributed by atoms with van der Waals surface area (Å²) in [5.74, 6) is -1.34. The van der Waals surface area contributed by atoms with E-state index in [1.807, 2.05) is 24.3 Å². The normalized spacial score (nSPS) is 18.8. The third-order valence-electron chi connectivity index (χ3n) is 5.17. The van der Waals surface area contributed by atoms with Crippen molar-refractivity contribution in [1.82, 2.24) is 4.90 Å². The van der Waals surface area contributed by atoms with Gasteiger partial charge in [0.05, 0.1) is 20.3 Å². The fourth-order valence-corrected chi connectivity index (χ4v) is 3.68. The van der Waals surface area contributed by atoms with E-state index in [9.17, 15) is 14.7 Å². The van der Waals surface area contributed by atoms with Gasteiger partial charge < -0.3 is 19.5 Å². The average molecular weight is 369 g/mol. The van der Waals surface area contributed by atoms with Gasteiger partial charge in [0, 0.05) is 12.6 Å². The summed E-state index contributed by atoms with van der Waals surface area (Å²) in [6.45, 7) is 2.06. The Kier molecular flexibility index (Phi) is 5.08. The molecule has 0 spiro atoms. The van der Waals surface area contributed by atoms with Crippen molar-refractivity contribution < 1.29 is 24.2 Å². The number of carbonyl (C=O) groups excluding carboxylic acids is 1. The van der Waals surface area contributed by atoms with Crippen LogP contribution in [0.1, 0.15) is 45.9 Å². The molecule has 0 unspecified atom stereocenters. The molecule has 0 aliphatic carbocycles. The van der Waals surface area contributed by atoms with Crippen LogP contribution in [-0.4, -0.2) is 43.2 Å². The van der Waals surface area contributed by atoms with Crippen molar-refractivity contribution in [2.45, 2.75) is 25.3 Å². The predicted octanol–water partition coefficient (Wildman–Crippen LogP) is 3.26. The van der Waals surface area contributed by atoms with E-state index in [0.29, 0.717) is 22.6 Å². The topological polar surface area (TPSA) is 76.1 Å². The maximum absolute atomic E-state index is 13.0. The lowest BCUT2D eigenvalue weighted by Gasteiger charge is -2.39. The maximum atomic E-state index is 13.0. The van der Waals surface area contributed by atoms with Crippen LogP contribution in [0.5, 0.6) is 11.5 Å². The fourth-order valence-electron chi connectivity index (χ4n) is 3.68. The molecule has 2 aromatic rings. The number of methoxy groups -OCH3 is 2. The summed E-state index contributed by atoms with van der Waals surface area (Å²) < 4.78 is 10.6. The molecular formula is C21H23NO5. The summed E-state index contributed by atoms with van der Waals surface area (Å²) in [7, 11) is 4.60. The molecule has 0 fully saturated rings. The number of likely N-dealkylation sites (N-methyl/N-ethyl adjacent to an activating group) is 1. The molecular weight excluding hydrogens is 346 g/mol. The van der Waals surface area contributed by atoms with Gasteiger partial charge >= 0.3 is 5.97 Å². The highest BCUT2D eigenvalue weighted by molar-refractivity contribution is 6.01. The molecule has 1 amide bonds. The molecule has 3 rings (SSSR count). The van der Waals surface area contributed by atoms with E-state index in [2.05, 4.69) is 6.92 Å². The average Bonchev–Trinajstić information content (AvgIpc) is 2.69. The Morgan fingerprint density at radius 1 is 1.11 bits per heavy atom. The van der Waals surface area contributed by atoms with Crippen molar-refractivity contribution in [2.75, 3.05) is 21.3 Å². The Labute approximate surface area is 158 Å². The summed E-state index contributed by atoms with van der Waals surface area (Å²) in [6.07, 6.45) is 0.891. The van der Waals surface area contributed by atoms with Crippen LogP contribution in [0.2, 0.25) is 0 Å². The molecule has 0 aromatic heterocycles. The van der Waals surface area contributed by atoms with Gasteiger partial charge in [0.25, 0.3) is 5.91 Å². The predicted molar refractivity (Wildman–Crippen MR) is 101 cm³/mol. The third-order valence-corrected chi connectivity index (χ3v) is 5.17. The summed E-state index contributed by atoms with van der Waals surface area (Å²) in [4.78, 5) is 26.7. The highest BCUT2D eigenvalue weighted by Crippen LogP contribution is 2.45. The quantitative estimate of drug-likeness (QED) is 0.875. The molecule has 0 bridgehead atoms. The van der Waals surface area contributed by atoms with E-state index in [1.54, 1.807) is 19.2 Å². The van der Waals surface area contributed by atoms with E-state index in [0.717, 1.165) is 17.5 Å². The van der Waals surface area contributed by atoms with Gasteiger partial charge in [-0.3, -0.25) is 9.59 Å². The highest BCUT2D eigenvalue weighted by atomic mass is 16.5. The number of hydrogen-bond acceptors (Lipinski definition) is 4. The van der Waals surface area contributed by atoms with Crippen molar-refractivity contribution >= 4 is 11.9 Å². The number of carbonyl (C=O) groups is 2. The van der Waals surface area contributed by atoms with Crippen LogP contribution in [-0.2, 0) is 11.2 Å². The van der Waals surface area contributed by atoms with E-state index in [4.69, 9.17) is 9.47 Å². The molecule has 1 heterocycles.